The van der Waals surface area contributed by atoms with E-state index in [1.165, 1.54) is 12.1 Å². The molecular formula is C14H16FNO3. The summed E-state index contributed by atoms with van der Waals surface area (Å²) in [6.45, 7) is 0.169. The second kappa shape index (κ2) is 5.38. The van der Waals surface area contributed by atoms with Crippen molar-refractivity contribution in [2.45, 2.75) is 25.7 Å². The van der Waals surface area contributed by atoms with Crippen molar-refractivity contribution >= 4 is 11.9 Å². The molecule has 4 nitrogen and oxygen atoms in total. The summed E-state index contributed by atoms with van der Waals surface area (Å²) in [5.74, 6) is -1.43. The Labute approximate surface area is 110 Å². The summed E-state index contributed by atoms with van der Waals surface area (Å²) < 4.78 is 12.7. The van der Waals surface area contributed by atoms with Gasteiger partial charge in [0.25, 0.3) is 0 Å². The Kier molecular flexibility index (Phi) is 3.83. The van der Waals surface area contributed by atoms with Crippen LogP contribution in [0, 0.1) is 11.2 Å². The zero-order chi connectivity index (χ0) is 13.9. The van der Waals surface area contributed by atoms with E-state index in [0.29, 0.717) is 18.4 Å². The predicted molar refractivity (Wildman–Crippen MR) is 67.0 cm³/mol. The van der Waals surface area contributed by atoms with Gasteiger partial charge in [0, 0.05) is 6.54 Å². The first-order valence-corrected chi connectivity index (χ1v) is 6.26. The Bertz CT molecular complexity index is 480. The maximum atomic E-state index is 12.7. The Morgan fingerprint density at radius 1 is 1.26 bits per heavy atom. The van der Waals surface area contributed by atoms with Crippen molar-refractivity contribution in [3.63, 3.8) is 0 Å². The van der Waals surface area contributed by atoms with Gasteiger partial charge in [0.05, 0.1) is 11.8 Å². The quantitative estimate of drug-likeness (QED) is 0.852. The molecule has 1 aliphatic rings. The Hall–Kier alpha value is -1.91. The summed E-state index contributed by atoms with van der Waals surface area (Å²) in [6.07, 6.45) is 2.24. The summed E-state index contributed by atoms with van der Waals surface area (Å²) in [4.78, 5) is 22.8. The summed E-state index contributed by atoms with van der Waals surface area (Å²) in [6, 6.07) is 5.69. The van der Waals surface area contributed by atoms with Crippen molar-refractivity contribution < 1.29 is 19.1 Å². The van der Waals surface area contributed by atoms with Gasteiger partial charge in [-0.2, -0.15) is 0 Å². The van der Waals surface area contributed by atoms with Gasteiger partial charge in [0.2, 0.25) is 5.91 Å². The molecule has 1 saturated carbocycles. The number of carbonyl (C=O) groups excluding carboxylic acids is 1. The lowest BCUT2D eigenvalue weighted by molar-refractivity contribution is -0.154. The second-order valence-corrected chi connectivity index (χ2v) is 5.02. The lowest BCUT2D eigenvalue weighted by Crippen LogP contribution is -2.47. The van der Waals surface area contributed by atoms with E-state index in [2.05, 4.69) is 5.32 Å². The standard InChI is InChI=1S/C14H16FNO3/c15-11-4-2-10(3-5-11)8-12(17)16-9-14(13(18)19)6-1-7-14/h2-5H,1,6-9H2,(H,16,17)(H,18,19). The smallest absolute Gasteiger partial charge is 0.311 e. The van der Waals surface area contributed by atoms with Crippen LogP contribution in [0.2, 0.25) is 0 Å². The number of benzene rings is 1. The molecule has 1 aromatic carbocycles. The molecule has 1 aromatic rings. The first kappa shape index (κ1) is 13.5. The van der Waals surface area contributed by atoms with Crippen LogP contribution in [0.3, 0.4) is 0 Å². The summed E-state index contributed by atoms with van der Waals surface area (Å²) in [5, 5.41) is 11.8. The number of halogens is 1. The van der Waals surface area contributed by atoms with Crippen LogP contribution in [-0.2, 0) is 16.0 Å². The number of amides is 1. The van der Waals surface area contributed by atoms with Crippen molar-refractivity contribution in [1.29, 1.82) is 0 Å². The zero-order valence-corrected chi connectivity index (χ0v) is 10.5. The molecule has 1 fully saturated rings. The molecule has 0 spiro atoms. The number of carbonyl (C=O) groups is 2. The summed E-state index contributed by atoms with van der Waals surface area (Å²) >= 11 is 0. The molecule has 0 unspecified atom stereocenters. The fraction of sp³-hybridized carbons (Fsp3) is 0.429. The first-order valence-electron chi connectivity index (χ1n) is 6.26. The predicted octanol–water partition coefficient (Wildman–Crippen LogP) is 1.74. The average molecular weight is 265 g/mol. The SMILES string of the molecule is O=C(Cc1ccc(F)cc1)NCC1(C(=O)O)CCC1. The topological polar surface area (TPSA) is 66.4 Å². The van der Waals surface area contributed by atoms with Gasteiger partial charge in [0.1, 0.15) is 5.82 Å². The average Bonchev–Trinajstić information content (AvgIpc) is 2.30. The number of hydrogen-bond acceptors (Lipinski definition) is 2. The van der Waals surface area contributed by atoms with Gasteiger partial charge in [0.15, 0.2) is 0 Å². The normalized spacial score (nSPS) is 16.5. The van der Waals surface area contributed by atoms with Gasteiger partial charge >= 0.3 is 5.97 Å². The number of carboxylic acids is 1. The number of rotatable bonds is 5. The van der Waals surface area contributed by atoms with Crippen LogP contribution in [0.25, 0.3) is 0 Å². The van der Waals surface area contributed by atoms with Crippen LogP contribution >= 0.6 is 0 Å². The molecule has 102 valence electrons. The molecule has 5 heteroatoms. The lowest BCUT2D eigenvalue weighted by atomic mass is 9.69. The molecule has 19 heavy (non-hydrogen) atoms. The Balaban J connectivity index is 1.85. The molecule has 1 aliphatic carbocycles. The second-order valence-electron chi connectivity index (χ2n) is 5.02. The maximum absolute atomic E-state index is 12.7. The molecule has 0 atom stereocenters. The molecular weight excluding hydrogens is 249 g/mol. The highest BCUT2D eigenvalue weighted by atomic mass is 19.1. The first-order chi connectivity index (χ1) is 9.02. The summed E-state index contributed by atoms with van der Waals surface area (Å²) in [5.41, 5.74) is -0.0739. The van der Waals surface area contributed by atoms with Gasteiger partial charge in [-0.3, -0.25) is 9.59 Å². The molecule has 0 aliphatic heterocycles. The van der Waals surface area contributed by atoms with Crippen molar-refractivity contribution in [1.82, 2.24) is 5.32 Å². The van der Waals surface area contributed by atoms with Gasteiger partial charge < -0.3 is 10.4 Å². The van der Waals surface area contributed by atoms with Crippen LogP contribution in [0.5, 0.6) is 0 Å². The van der Waals surface area contributed by atoms with Gasteiger partial charge in [-0.15, -0.1) is 0 Å². The highest BCUT2D eigenvalue weighted by molar-refractivity contribution is 5.81. The van der Waals surface area contributed by atoms with Crippen LogP contribution in [0.15, 0.2) is 24.3 Å². The molecule has 2 rings (SSSR count). The molecule has 0 saturated heterocycles. The van der Waals surface area contributed by atoms with Gasteiger partial charge in [-0.25, -0.2) is 4.39 Å². The third-order valence-corrected chi connectivity index (χ3v) is 3.67. The maximum Gasteiger partial charge on any atom is 0.311 e. The minimum absolute atomic E-state index is 0.135. The van der Waals surface area contributed by atoms with Crippen molar-refractivity contribution in [2.24, 2.45) is 5.41 Å². The van der Waals surface area contributed by atoms with E-state index in [9.17, 15) is 14.0 Å². The molecule has 1 amide bonds. The highest BCUT2D eigenvalue weighted by Gasteiger charge is 2.44. The number of hydrogen-bond donors (Lipinski definition) is 2. The fourth-order valence-corrected chi connectivity index (χ4v) is 2.19. The monoisotopic (exact) mass is 265 g/mol. The minimum Gasteiger partial charge on any atom is -0.481 e. The molecule has 2 N–H and O–H groups in total. The Morgan fingerprint density at radius 2 is 1.89 bits per heavy atom. The largest absolute Gasteiger partial charge is 0.481 e. The fourth-order valence-electron chi connectivity index (χ4n) is 2.19. The van der Waals surface area contributed by atoms with E-state index in [-0.39, 0.29) is 24.7 Å². The molecule has 0 aromatic heterocycles. The number of carboxylic acid groups (broad SMARTS) is 1. The van der Waals surface area contributed by atoms with E-state index in [1.807, 2.05) is 0 Å². The molecule has 0 bridgehead atoms. The highest BCUT2D eigenvalue weighted by Crippen LogP contribution is 2.40. The Morgan fingerprint density at radius 3 is 2.37 bits per heavy atom. The van der Waals surface area contributed by atoms with Gasteiger partial charge in [-0.1, -0.05) is 18.6 Å². The van der Waals surface area contributed by atoms with Crippen molar-refractivity contribution in [3.8, 4) is 0 Å². The summed E-state index contributed by atoms with van der Waals surface area (Å²) in [7, 11) is 0. The van der Waals surface area contributed by atoms with E-state index >= 15 is 0 Å². The van der Waals surface area contributed by atoms with E-state index in [1.54, 1.807) is 12.1 Å². The van der Waals surface area contributed by atoms with Gasteiger partial charge in [-0.05, 0) is 30.5 Å². The minimum atomic E-state index is -0.846. The third-order valence-electron chi connectivity index (χ3n) is 3.67. The third kappa shape index (κ3) is 3.10. The number of aliphatic carboxylic acids is 1. The van der Waals surface area contributed by atoms with Crippen LogP contribution in [0.1, 0.15) is 24.8 Å². The molecule has 0 heterocycles. The van der Waals surface area contributed by atoms with E-state index in [0.717, 1.165) is 6.42 Å². The zero-order valence-electron chi connectivity index (χ0n) is 10.5. The lowest BCUT2D eigenvalue weighted by Gasteiger charge is -2.37. The molecule has 0 radical (unpaired) electrons. The van der Waals surface area contributed by atoms with E-state index < -0.39 is 11.4 Å². The van der Waals surface area contributed by atoms with Crippen molar-refractivity contribution in [2.75, 3.05) is 6.54 Å². The van der Waals surface area contributed by atoms with Crippen LogP contribution in [-0.4, -0.2) is 23.5 Å². The van der Waals surface area contributed by atoms with Crippen LogP contribution < -0.4 is 5.32 Å². The van der Waals surface area contributed by atoms with Crippen molar-refractivity contribution in [3.05, 3.63) is 35.6 Å². The number of nitrogens with one attached hydrogen (secondary N) is 1. The van der Waals surface area contributed by atoms with Crippen LogP contribution in [0.4, 0.5) is 4.39 Å². The van der Waals surface area contributed by atoms with E-state index in [4.69, 9.17) is 5.11 Å².